The van der Waals surface area contributed by atoms with Gasteiger partial charge in [-0.3, -0.25) is 4.79 Å². The summed E-state index contributed by atoms with van der Waals surface area (Å²) in [5.41, 5.74) is 5.97. The molecule has 2 N–H and O–H groups in total. The minimum atomic E-state index is -3.11. The van der Waals surface area contributed by atoms with Gasteiger partial charge in [0.15, 0.2) is 9.84 Å². The maximum Gasteiger partial charge on any atom is 0.225 e. The Morgan fingerprint density at radius 2 is 1.76 bits per heavy atom. The number of nitrogens with zero attached hydrogens (tertiary/aromatic N) is 1. The Kier molecular flexibility index (Phi) is 5.30. The Morgan fingerprint density at radius 3 is 2.38 bits per heavy atom. The maximum absolute atomic E-state index is 12.7. The molecule has 0 aromatic rings. The SMILES string of the molecule is CN(C(=O)C1CCCC(N)C1)C1CCCCC1S(C)(=O)=O. The molecule has 0 heterocycles. The molecule has 4 atom stereocenters. The number of carbonyl (C=O) groups is 1. The monoisotopic (exact) mass is 316 g/mol. The highest BCUT2D eigenvalue weighted by atomic mass is 32.2. The van der Waals surface area contributed by atoms with Gasteiger partial charge >= 0.3 is 0 Å². The van der Waals surface area contributed by atoms with Gasteiger partial charge in [-0.2, -0.15) is 0 Å². The second-order valence-electron chi connectivity index (χ2n) is 6.79. The summed E-state index contributed by atoms with van der Waals surface area (Å²) in [5.74, 6) is 0.0617. The minimum absolute atomic E-state index is 0.0270. The van der Waals surface area contributed by atoms with Crippen LogP contribution in [0.15, 0.2) is 0 Å². The van der Waals surface area contributed by atoms with Gasteiger partial charge in [0.2, 0.25) is 5.91 Å². The number of nitrogens with two attached hydrogens (primary N) is 1. The third kappa shape index (κ3) is 3.97. The Hall–Kier alpha value is -0.620. The average Bonchev–Trinajstić information content (AvgIpc) is 2.45. The molecule has 0 aromatic carbocycles. The first-order valence-corrected chi connectivity index (χ1v) is 9.97. The van der Waals surface area contributed by atoms with E-state index in [-0.39, 0.29) is 23.9 Å². The van der Waals surface area contributed by atoms with Crippen molar-refractivity contribution in [2.75, 3.05) is 13.3 Å². The average molecular weight is 316 g/mol. The quantitative estimate of drug-likeness (QED) is 0.851. The molecule has 0 radical (unpaired) electrons. The van der Waals surface area contributed by atoms with Crippen molar-refractivity contribution in [2.24, 2.45) is 11.7 Å². The molecule has 5 nitrogen and oxygen atoms in total. The molecule has 2 saturated carbocycles. The summed E-state index contributed by atoms with van der Waals surface area (Å²) in [4.78, 5) is 14.4. The number of amides is 1. The van der Waals surface area contributed by atoms with Gasteiger partial charge < -0.3 is 10.6 Å². The van der Waals surface area contributed by atoms with E-state index >= 15 is 0 Å². The zero-order chi connectivity index (χ0) is 15.6. The summed E-state index contributed by atoms with van der Waals surface area (Å²) in [5, 5.41) is -0.405. The normalized spacial score (nSPS) is 34.4. The standard InChI is InChI=1S/C15H28N2O3S/c1-17(15(18)11-6-5-7-12(16)10-11)13-8-3-4-9-14(13)21(2,19)20/h11-14H,3-10,16H2,1-2H3. The van der Waals surface area contributed by atoms with Crippen LogP contribution in [0.5, 0.6) is 0 Å². The van der Waals surface area contributed by atoms with Crippen molar-refractivity contribution in [1.29, 1.82) is 0 Å². The second-order valence-corrected chi connectivity index (χ2v) is 9.06. The highest BCUT2D eigenvalue weighted by Crippen LogP contribution is 2.31. The highest BCUT2D eigenvalue weighted by Gasteiger charge is 2.39. The van der Waals surface area contributed by atoms with Gasteiger partial charge in [0.05, 0.1) is 5.25 Å². The third-order valence-corrected chi connectivity index (χ3v) is 6.78. The van der Waals surface area contributed by atoms with Crippen molar-refractivity contribution in [2.45, 2.75) is 68.7 Å². The van der Waals surface area contributed by atoms with Crippen molar-refractivity contribution in [1.82, 2.24) is 4.90 Å². The minimum Gasteiger partial charge on any atom is -0.341 e. The van der Waals surface area contributed by atoms with E-state index in [0.29, 0.717) is 6.42 Å². The lowest BCUT2D eigenvalue weighted by atomic mass is 9.84. The first-order valence-electron chi connectivity index (χ1n) is 8.02. The van der Waals surface area contributed by atoms with E-state index in [2.05, 4.69) is 0 Å². The molecule has 4 unspecified atom stereocenters. The first kappa shape index (κ1) is 16.7. The maximum atomic E-state index is 12.7. The summed E-state index contributed by atoms with van der Waals surface area (Å²) in [6, 6.07) is -0.0578. The molecule has 122 valence electrons. The predicted octanol–water partition coefficient (Wildman–Crippen LogP) is 1.32. The van der Waals surface area contributed by atoms with E-state index in [4.69, 9.17) is 5.73 Å². The van der Waals surface area contributed by atoms with E-state index in [9.17, 15) is 13.2 Å². The summed E-state index contributed by atoms with van der Waals surface area (Å²) in [6.45, 7) is 0. The molecule has 2 aliphatic rings. The fraction of sp³-hybridized carbons (Fsp3) is 0.933. The van der Waals surface area contributed by atoms with Crippen LogP contribution >= 0.6 is 0 Å². The lowest BCUT2D eigenvalue weighted by Crippen LogP contribution is -2.51. The van der Waals surface area contributed by atoms with Gasteiger partial charge in [-0.25, -0.2) is 8.42 Å². The van der Waals surface area contributed by atoms with E-state index in [1.54, 1.807) is 11.9 Å². The van der Waals surface area contributed by atoms with Crippen LogP contribution in [0.25, 0.3) is 0 Å². The van der Waals surface area contributed by atoms with Gasteiger partial charge in [0, 0.05) is 31.3 Å². The lowest BCUT2D eigenvalue weighted by molar-refractivity contribution is -0.138. The Labute approximate surface area is 128 Å². The van der Waals surface area contributed by atoms with Crippen LogP contribution in [0.4, 0.5) is 0 Å². The van der Waals surface area contributed by atoms with Crippen LogP contribution in [-0.2, 0) is 14.6 Å². The molecule has 6 heteroatoms. The van der Waals surface area contributed by atoms with Gasteiger partial charge in [-0.1, -0.05) is 19.3 Å². The summed E-state index contributed by atoms with van der Waals surface area (Å²) < 4.78 is 24.0. The van der Waals surface area contributed by atoms with Gasteiger partial charge in [-0.05, 0) is 32.1 Å². The molecule has 0 bridgehead atoms. The number of hydrogen-bond donors (Lipinski definition) is 1. The van der Waals surface area contributed by atoms with E-state index in [1.807, 2.05) is 0 Å². The van der Waals surface area contributed by atoms with Gasteiger partial charge in [0.25, 0.3) is 0 Å². The topological polar surface area (TPSA) is 80.5 Å². The number of sulfone groups is 1. The molecule has 2 aliphatic carbocycles. The van der Waals surface area contributed by atoms with Crippen molar-refractivity contribution >= 4 is 15.7 Å². The molecule has 0 saturated heterocycles. The second kappa shape index (κ2) is 6.65. The van der Waals surface area contributed by atoms with E-state index in [1.165, 1.54) is 6.26 Å². The zero-order valence-electron chi connectivity index (χ0n) is 13.1. The Morgan fingerprint density at radius 1 is 1.10 bits per heavy atom. The molecule has 1 amide bonds. The molecule has 0 spiro atoms. The number of rotatable bonds is 3. The predicted molar refractivity (Wildman–Crippen MR) is 83.6 cm³/mol. The molecule has 0 aliphatic heterocycles. The molecule has 21 heavy (non-hydrogen) atoms. The summed E-state index contributed by atoms with van der Waals surface area (Å²) in [7, 11) is -1.34. The molecular weight excluding hydrogens is 288 g/mol. The van der Waals surface area contributed by atoms with Gasteiger partial charge in [0.1, 0.15) is 0 Å². The molecule has 0 aromatic heterocycles. The number of hydrogen-bond acceptors (Lipinski definition) is 4. The smallest absolute Gasteiger partial charge is 0.225 e. The molecule has 2 fully saturated rings. The first-order chi connectivity index (χ1) is 9.80. The lowest BCUT2D eigenvalue weighted by Gasteiger charge is -2.39. The van der Waals surface area contributed by atoms with Crippen molar-refractivity contribution in [3.8, 4) is 0 Å². The third-order valence-electron chi connectivity index (χ3n) is 5.13. The van der Waals surface area contributed by atoms with Crippen LogP contribution in [0, 0.1) is 5.92 Å². The summed E-state index contributed by atoms with van der Waals surface area (Å²) in [6.07, 6.45) is 8.29. The fourth-order valence-electron chi connectivity index (χ4n) is 3.92. The van der Waals surface area contributed by atoms with Crippen LogP contribution < -0.4 is 5.73 Å². The van der Waals surface area contributed by atoms with Gasteiger partial charge in [-0.15, -0.1) is 0 Å². The highest BCUT2D eigenvalue weighted by molar-refractivity contribution is 7.91. The van der Waals surface area contributed by atoms with Crippen LogP contribution in [0.1, 0.15) is 51.4 Å². The number of carbonyl (C=O) groups excluding carboxylic acids is 1. The summed E-state index contributed by atoms with van der Waals surface area (Å²) >= 11 is 0. The van der Waals surface area contributed by atoms with Crippen LogP contribution in [-0.4, -0.2) is 49.9 Å². The Bertz CT molecular complexity index is 477. The van der Waals surface area contributed by atoms with Crippen molar-refractivity contribution in [3.05, 3.63) is 0 Å². The fourth-order valence-corrected chi connectivity index (χ4v) is 5.41. The van der Waals surface area contributed by atoms with Crippen LogP contribution in [0.3, 0.4) is 0 Å². The van der Waals surface area contributed by atoms with E-state index in [0.717, 1.165) is 44.9 Å². The Balaban J connectivity index is 2.09. The van der Waals surface area contributed by atoms with E-state index < -0.39 is 15.1 Å². The van der Waals surface area contributed by atoms with Crippen LogP contribution in [0.2, 0.25) is 0 Å². The largest absolute Gasteiger partial charge is 0.341 e. The zero-order valence-corrected chi connectivity index (χ0v) is 13.9. The van der Waals surface area contributed by atoms with Crippen molar-refractivity contribution in [3.63, 3.8) is 0 Å². The molecule has 2 rings (SSSR count). The molecular formula is C15H28N2O3S. The van der Waals surface area contributed by atoms with Crippen molar-refractivity contribution < 1.29 is 13.2 Å².